The van der Waals surface area contributed by atoms with Crippen LogP contribution in [0.3, 0.4) is 0 Å². The second kappa shape index (κ2) is 5.63. The highest BCUT2D eigenvalue weighted by Gasteiger charge is 2.12. The van der Waals surface area contributed by atoms with Gasteiger partial charge in [-0.25, -0.2) is 0 Å². The average molecular weight is 325 g/mol. The number of hydrogen-bond donors (Lipinski definition) is 0. The molecule has 0 aliphatic carbocycles. The van der Waals surface area contributed by atoms with Crippen molar-refractivity contribution in [2.24, 2.45) is 0 Å². The van der Waals surface area contributed by atoms with E-state index in [2.05, 4.69) is 20.9 Å². The Morgan fingerprint density at radius 3 is 2.78 bits per heavy atom. The van der Waals surface area contributed by atoms with Gasteiger partial charge in [0.05, 0.1) is 11.4 Å². The van der Waals surface area contributed by atoms with E-state index in [9.17, 15) is 4.79 Å². The van der Waals surface area contributed by atoms with Crippen LogP contribution in [0, 0.1) is 6.92 Å². The van der Waals surface area contributed by atoms with E-state index in [0.717, 1.165) is 15.7 Å². The maximum absolute atomic E-state index is 12.1. The molecule has 0 unspecified atom stereocenters. The number of carbonyl (C=O) groups excluding carboxylic acids is 1. The van der Waals surface area contributed by atoms with Gasteiger partial charge in [-0.15, -0.1) is 0 Å². The molecule has 0 spiro atoms. The summed E-state index contributed by atoms with van der Waals surface area (Å²) in [6.07, 6.45) is 2.02. The van der Waals surface area contributed by atoms with E-state index in [1.165, 1.54) is 0 Å². The van der Waals surface area contributed by atoms with Crippen LogP contribution >= 0.6 is 27.5 Å². The number of rotatable bonds is 3. The van der Waals surface area contributed by atoms with Crippen molar-refractivity contribution in [3.05, 3.63) is 62.8 Å². The lowest BCUT2D eigenvalue weighted by molar-refractivity contribution is 0.0992. The topological polar surface area (TPSA) is 30.0 Å². The molecule has 4 heteroatoms. The Kier molecular flexibility index (Phi) is 4.15. The van der Waals surface area contributed by atoms with E-state index in [4.69, 9.17) is 11.6 Å². The number of hydrogen-bond acceptors (Lipinski definition) is 2. The van der Waals surface area contributed by atoms with Gasteiger partial charge in [0.15, 0.2) is 5.78 Å². The molecule has 0 N–H and O–H groups in total. The minimum atomic E-state index is -0.0300. The number of aryl methyl sites for hydroxylation is 1. The third-order valence-corrected chi connectivity index (χ3v) is 3.37. The van der Waals surface area contributed by atoms with Crippen LogP contribution in [0.15, 0.2) is 41.0 Å². The Balaban J connectivity index is 2.21. The van der Waals surface area contributed by atoms with Crippen LogP contribution in [0.25, 0.3) is 0 Å². The Hall–Kier alpha value is -1.19. The van der Waals surface area contributed by atoms with Crippen molar-refractivity contribution >= 4 is 33.3 Å². The van der Waals surface area contributed by atoms with E-state index in [0.29, 0.717) is 10.6 Å². The zero-order valence-corrected chi connectivity index (χ0v) is 12.1. The van der Waals surface area contributed by atoms with Gasteiger partial charge in [-0.1, -0.05) is 33.6 Å². The van der Waals surface area contributed by atoms with Crippen molar-refractivity contribution in [1.29, 1.82) is 0 Å². The summed E-state index contributed by atoms with van der Waals surface area (Å²) in [7, 11) is 0. The van der Waals surface area contributed by atoms with E-state index in [1.54, 1.807) is 18.3 Å². The SMILES string of the molecule is Cc1ccc(CC(=O)c2cc(Br)ccc2Cl)nc1. The summed E-state index contributed by atoms with van der Waals surface area (Å²) >= 11 is 9.35. The molecule has 0 radical (unpaired) electrons. The van der Waals surface area contributed by atoms with Crippen LogP contribution in [0.5, 0.6) is 0 Å². The maximum Gasteiger partial charge on any atom is 0.170 e. The van der Waals surface area contributed by atoms with E-state index >= 15 is 0 Å². The monoisotopic (exact) mass is 323 g/mol. The lowest BCUT2D eigenvalue weighted by Gasteiger charge is -2.04. The molecule has 0 aliphatic rings. The van der Waals surface area contributed by atoms with Crippen molar-refractivity contribution in [2.45, 2.75) is 13.3 Å². The predicted molar refractivity (Wildman–Crippen MR) is 76.2 cm³/mol. The van der Waals surface area contributed by atoms with Crippen molar-refractivity contribution in [3.8, 4) is 0 Å². The number of benzene rings is 1. The smallest absolute Gasteiger partial charge is 0.170 e. The maximum atomic E-state index is 12.1. The van der Waals surface area contributed by atoms with Gasteiger partial charge in [0, 0.05) is 21.9 Å². The molecule has 0 amide bonds. The molecule has 18 heavy (non-hydrogen) atoms. The molecule has 0 saturated heterocycles. The fourth-order valence-electron chi connectivity index (χ4n) is 1.57. The molecular formula is C14H11BrClNO. The first kappa shape index (κ1) is 13.2. The van der Waals surface area contributed by atoms with Crippen molar-refractivity contribution in [2.75, 3.05) is 0 Å². The molecule has 0 fully saturated rings. The Labute approximate surface area is 119 Å². The van der Waals surface area contributed by atoms with E-state index in [1.807, 2.05) is 25.1 Å². The first-order chi connectivity index (χ1) is 8.56. The second-order valence-corrected chi connectivity index (χ2v) is 5.37. The summed E-state index contributed by atoms with van der Waals surface area (Å²) in [4.78, 5) is 16.3. The standard InChI is InChI=1S/C14H11BrClNO/c1-9-2-4-11(17-8-9)7-14(18)12-6-10(15)3-5-13(12)16/h2-6,8H,7H2,1H3. The van der Waals surface area contributed by atoms with Gasteiger partial charge in [0.1, 0.15) is 0 Å². The summed E-state index contributed by atoms with van der Waals surface area (Å²) in [6, 6.07) is 9.06. The quantitative estimate of drug-likeness (QED) is 0.791. The molecular weight excluding hydrogens is 314 g/mol. The number of ketones is 1. The van der Waals surface area contributed by atoms with Gasteiger partial charge in [-0.2, -0.15) is 0 Å². The van der Waals surface area contributed by atoms with Crippen molar-refractivity contribution < 1.29 is 4.79 Å². The first-order valence-corrected chi connectivity index (χ1v) is 6.63. The third-order valence-electron chi connectivity index (χ3n) is 2.54. The van der Waals surface area contributed by atoms with Crippen molar-refractivity contribution in [1.82, 2.24) is 4.98 Å². The highest BCUT2D eigenvalue weighted by molar-refractivity contribution is 9.10. The molecule has 1 heterocycles. The van der Waals surface area contributed by atoms with Crippen molar-refractivity contribution in [3.63, 3.8) is 0 Å². The van der Waals surface area contributed by atoms with Crippen LogP contribution in [0.2, 0.25) is 5.02 Å². The molecule has 1 aromatic heterocycles. The number of nitrogens with zero attached hydrogens (tertiary/aromatic N) is 1. The second-order valence-electron chi connectivity index (χ2n) is 4.05. The number of halogens is 2. The summed E-state index contributed by atoms with van der Waals surface area (Å²) < 4.78 is 0.840. The highest BCUT2D eigenvalue weighted by Crippen LogP contribution is 2.22. The fourth-order valence-corrected chi connectivity index (χ4v) is 2.16. The van der Waals surface area contributed by atoms with Gasteiger partial charge in [-0.3, -0.25) is 9.78 Å². The zero-order valence-electron chi connectivity index (χ0n) is 9.78. The zero-order chi connectivity index (χ0) is 13.1. The number of carbonyl (C=O) groups is 1. The van der Waals surface area contributed by atoms with Gasteiger partial charge in [0.25, 0.3) is 0 Å². The lowest BCUT2D eigenvalue weighted by Crippen LogP contribution is -2.05. The molecule has 2 aromatic rings. The average Bonchev–Trinajstić information content (AvgIpc) is 2.35. The molecule has 92 valence electrons. The largest absolute Gasteiger partial charge is 0.294 e. The van der Waals surface area contributed by atoms with Crippen LogP contribution in [-0.4, -0.2) is 10.8 Å². The normalized spacial score (nSPS) is 10.4. The first-order valence-electron chi connectivity index (χ1n) is 5.46. The third kappa shape index (κ3) is 3.18. The van der Waals surface area contributed by atoms with Gasteiger partial charge in [-0.05, 0) is 36.8 Å². The summed E-state index contributed by atoms with van der Waals surface area (Å²) in [5.41, 5.74) is 2.35. The highest BCUT2D eigenvalue weighted by atomic mass is 79.9. The number of Topliss-reactive ketones (excluding diaryl/α,β-unsaturated/α-hetero) is 1. The van der Waals surface area contributed by atoms with Gasteiger partial charge in [0.2, 0.25) is 0 Å². The summed E-state index contributed by atoms with van der Waals surface area (Å²) in [6.45, 7) is 1.96. The summed E-state index contributed by atoms with van der Waals surface area (Å²) in [5, 5.41) is 0.468. The molecule has 2 nitrogen and oxygen atoms in total. The Morgan fingerprint density at radius 1 is 1.33 bits per heavy atom. The molecule has 0 saturated carbocycles. The number of aromatic nitrogens is 1. The van der Waals surface area contributed by atoms with Crippen LogP contribution in [-0.2, 0) is 6.42 Å². The summed E-state index contributed by atoms with van der Waals surface area (Å²) in [5.74, 6) is -0.0300. The fraction of sp³-hybridized carbons (Fsp3) is 0.143. The molecule has 0 atom stereocenters. The molecule has 0 aliphatic heterocycles. The number of pyridine rings is 1. The van der Waals surface area contributed by atoms with Crippen LogP contribution < -0.4 is 0 Å². The molecule has 0 bridgehead atoms. The molecule has 1 aromatic carbocycles. The van der Waals surface area contributed by atoms with Gasteiger partial charge >= 0.3 is 0 Å². The van der Waals surface area contributed by atoms with Crippen LogP contribution in [0.4, 0.5) is 0 Å². The lowest BCUT2D eigenvalue weighted by atomic mass is 10.1. The minimum Gasteiger partial charge on any atom is -0.294 e. The van der Waals surface area contributed by atoms with Gasteiger partial charge < -0.3 is 0 Å². The Bertz CT molecular complexity index is 581. The Morgan fingerprint density at radius 2 is 2.11 bits per heavy atom. The molecule has 2 rings (SSSR count). The van der Waals surface area contributed by atoms with Crippen LogP contribution in [0.1, 0.15) is 21.6 Å². The van der Waals surface area contributed by atoms with E-state index < -0.39 is 0 Å². The van der Waals surface area contributed by atoms with E-state index in [-0.39, 0.29) is 12.2 Å². The minimum absolute atomic E-state index is 0.0300. The predicted octanol–water partition coefficient (Wildman–Crippen LogP) is 4.23.